The summed E-state index contributed by atoms with van der Waals surface area (Å²) in [5.74, 6) is 0. The maximum Gasteiger partial charge on any atom is 0.0798 e. The second kappa shape index (κ2) is 5.73. The molecule has 2 N–H and O–H groups in total. The van der Waals surface area contributed by atoms with E-state index in [-0.39, 0.29) is 0 Å². The zero-order valence-corrected chi connectivity index (χ0v) is 12.2. The summed E-state index contributed by atoms with van der Waals surface area (Å²) in [7, 11) is 0. The van der Waals surface area contributed by atoms with E-state index in [4.69, 9.17) is 0 Å². The third-order valence-corrected chi connectivity index (χ3v) is 4.42. The standard InChI is InChI=1S/C17H17NOS/c1-2-15(19)13-8-4-6-10-16(13)20-17-11-12-7-3-5-9-14(12)18-17/h3-11,15,18-19H,2H2,1H3/t15-/m1/s1. The fourth-order valence-electron chi connectivity index (χ4n) is 2.29. The molecule has 3 heteroatoms. The van der Waals surface area contributed by atoms with Gasteiger partial charge in [-0.3, -0.25) is 0 Å². The average molecular weight is 283 g/mol. The molecule has 0 bridgehead atoms. The van der Waals surface area contributed by atoms with Crippen molar-refractivity contribution in [3.8, 4) is 0 Å². The molecule has 0 unspecified atom stereocenters. The number of fused-ring (bicyclic) bond motifs is 1. The predicted molar refractivity (Wildman–Crippen MR) is 84.1 cm³/mol. The first kappa shape index (κ1) is 13.3. The lowest BCUT2D eigenvalue weighted by Gasteiger charge is -2.12. The van der Waals surface area contributed by atoms with Gasteiger partial charge in [-0.2, -0.15) is 0 Å². The normalized spacial score (nSPS) is 12.7. The number of H-pyrrole nitrogens is 1. The van der Waals surface area contributed by atoms with Gasteiger partial charge in [0.25, 0.3) is 0 Å². The Balaban J connectivity index is 1.94. The molecule has 20 heavy (non-hydrogen) atoms. The number of rotatable bonds is 4. The van der Waals surface area contributed by atoms with Gasteiger partial charge < -0.3 is 10.1 Å². The third-order valence-electron chi connectivity index (χ3n) is 3.39. The number of benzene rings is 2. The first-order chi connectivity index (χ1) is 9.78. The molecule has 3 rings (SSSR count). The smallest absolute Gasteiger partial charge is 0.0798 e. The molecular weight excluding hydrogens is 266 g/mol. The first-order valence-electron chi connectivity index (χ1n) is 6.80. The fourth-order valence-corrected chi connectivity index (χ4v) is 3.34. The summed E-state index contributed by atoms with van der Waals surface area (Å²) in [6.45, 7) is 2.00. The molecule has 0 radical (unpaired) electrons. The molecule has 1 aromatic heterocycles. The Morgan fingerprint density at radius 1 is 1.10 bits per heavy atom. The molecule has 102 valence electrons. The quantitative estimate of drug-likeness (QED) is 0.724. The number of hydrogen-bond acceptors (Lipinski definition) is 2. The van der Waals surface area contributed by atoms with Crippen LogP contribution in [-0.4, -0.2) is 10.1 Å². The Morgan fingerprint density at radius 3 is 2.65 bits per heavy atom. The zero-order chi connectivity index (χ0) is 13.9. The molecule has 2 aromatic carbocycles. The number of aromatic amines is 1. The van der Waals surface area contributed by atoms with Gasteiger partial charge in [-0.1, -0.05) is 55.1 Å². The van der Waals surface area contributed by atoms with Crippen molar-refractivity contribution in [2.24, 2.45) is 0 Å². The van der Waals surface area contributed by atoms with E-state index < -0.39 is 6.10 Å². The van der Waals surface area contributed by atoms with Crippen LogP contribution in [0.4, 0.5) is 0 Å². The number of hydrogen-bond donors (Lipinski definition) is 2. The molecule has 0 aliphatic heterocycles. The van der Waals surface area contributed by atoms with Gasteiger partial charge in [0, 0.05) is 15.8 Å². The Hall–Kier alpha value is -1.71. The van der Waals surface area contributed by atoms with E-state index in [1.807, 2.05) is 37.3 Å². The Kier molecular flexibility index (Phi) is 3.81. The summed E-state index contributed by atoms with van der Waals surface area (Å²) in [5.41, 5.74) is 2.14. The molecule has 0 spiro atoms. The molecule has 0 aliphatic rings. The van der Waals surface area contributed by atoms with Gasteiger partial charge in [-0.05, 0) is 30.2 Å². The predicted octanol–water partition coefficient (Wildman–Crippen LogP) is 4.76. The van der Waals surface area contributed by atoms with Crippen LogP contribution in [0.1, 0.15) is 25.0 Å². The van der Waals surface area contributed by atoms with Gasteiger partial charge in [0.2, 0.25) is 0 Å². The summed E-state index contributed by atoms with van der Waals surface area (Å²) in [4.78, 5) is 4.51. The van der Waals surface area contributed by atoms with Gasteiger partial charge in [-0.15, -0.1) is 0 Å². The lowest BCUT2D eigenvalue weighted by Crippen LogP contribution is -1.97. The van der Waals surface area contributed by atoms with Crippen molar-refractivity contribution in [3.05, 3.63) is 60.2 Å². The average Bonchev–Trinajstić information content (AvgIpc) is 2.89. The Morgan fingerprint density at radius 2 is 1.85 bits per heavy atom. The van der Waals surface area contributed by atoms with Crippen molar-refractivity contribution in [2.45, 2.75) is 29.4 Å². The van der Waals surface area contributed by atoms with Crippen molar-refractivity contribution < 1.29 is 5.11 Å². The van der Waals surface area contributed by atoms with Gasteiger partial charge in [0.1, 0.15) is 0 Å². The van der Waals surface area contributed by atoms with Crippen LogP contribution in [0.3, 0.4) is 0 Å². The minimum Gasteiger partial charge on any atom is -0.388 e. The van der Waals surface area contributed by atoms with E-state index in [2.05, 4.69) is 29.2 Å². The first-order valence-corrected chi connectivity index (χ1v) is 7.62. The molecule has 1 atom stereocenters. The fraction of sp³-hybridized carbons (Fsp3) is 0.176. The number of aromatic nitrogens is 1. The highest BCUT2D eigenvalue weighted by molar-refractivity contribution is 7.99. The third kappa shape index (κ3) is 2.60. The summed E-state index contributed by atoms with van der Waals surface area (Å²) < 4.78 is 0. The highest BCUT2D eigenvalue weighted by Crippen LogP contribution is 2.35. The van der Waals surface area contributed by atoms with E-state index in [0.717, 1.165) is 27.4 Å². The molecule has 1 heterocycles. The topological polar surface area (TPSA) is 36.0 Å². The number of para-hydroxylation sites is 1. The van der Waals surface area contributed by atoms with Gasteiger partial charge in [0.15, 0.2) is 0 Å². The van der Waals surface area contributed by atoms with Gasteiger partial charge in [0.05, 0.1) is 11.1 Å². The second-order valence-electron chi connectivity index (χ2n) is 4.78. The van der Waals surface area contributed by atoms with Gasteiger partial charge in [-0.25, -0.2) is 0 Å². The SMILES string of the molecule is CC[C@@H](O)c1ccccc1Sc1cc2ccccc2[nH]1. The van der Waals surface area contributed by atoms with Crippen LogP contribution in [0.25, 0.3) is 10.9 Å². The van der Waals surface area contributed by atoms with Crippen molar-refractivity contribution >= 4 is 22.7 Å². The molecular formula is C17H17NOS. The number of aliphatic hydroxyl groups is 1. The summed E-state index contributed by atoms with van der Waals surface area (Å²) in [5, 5.41) is 12.4. The van der Waals surface area contributed by atoms with Crippen molar-refractivity contribution in [1.82, 2.24) is 4.98 Å². The molecule has 0 amide bonds. The van der Waals surface area contributed by atoms with E-state index in [0.29, 0.717) is 0 Å². The monoisotopic (exact) mass is 283 g/mol. The summed E-state index contributed by atoms with van der Waals surface area (Å²) in [6, 6.07) is 18.4. The Labute approximate surface area is 122 Å². The lowest BCUT2D eigenvalue weighted by molar-refractivity contribution is 0.171. The van der Waals surface area contributed by atoms with E-state index in [1.54, 1.807) is 11.8 Å². The molecule has 0 saturated carbocycles. The summed E-state index contributed by atoms with van der Waals surface area (Å²) in [6.07, 6.45) is 0.327. The maximum atomic E-state index is 10.1. The minimum atomic E-state index is -0.400. The lowest BCUT2D eigenvalue weighted by atomic mass is 10.1. The molecule has 2 nitrogen and oxygen atoms in total. The Bertz CT molecular complexity index is 687. The van der Waals surface area contributed by atoms with Gasteiger partial charge >= 0.3 is 0 Å². The number of nitrogens with one attached hydrogen (secondary N) is 1. The minimum absolute atomic E-state index is 0.400. The second-order valence-corrected chi connectivity index (χ2v) is 5.87. The van der Waals surface area contributed by atoms with Crippen LogP contribution in [0.5, 0.6) is 0 Å². The zero-order valence-electron chi connectivity index (χ0n) is 11.3. The highest BCUT2D eigenvalue weighted by atomic mass is 32.2. The van der Waals surface area contributed by atoms with E-state index >= 15 is 0 Å². The van der Waals surface area contributed by atoms with Crippen LogP contribution >= 0.6 is 11.8 Å². The van der Waals surface area contributed by atoms with E-state index in [1.165, 1.54) is 5.39 Å². The molecule has 0 saturated heterocycles. The largest absolute Gasteiger partial charge is 0.388 e. The molecule has 0 aliphatic carbocycles. The van der Waals surface area contributed by atoms with Crippen molar-refractivity contribution in [3.63, 3.8) is 0 Å². The maximum absolute atomic E-state index is 10.1. The van der Waals surface area contributed by atoms with Crippen LogP contribution in [0.2, 0.25) is 0 Å². The van der Waals surface area contributed by atoms with Crippen molar-refractivity contribution in [2.75, 3.05) is 0 Å². The van der Waals surface area contributed by atoms with Crippen LogP contribution in [0.15, 0.2) is 64.5 Å². The highest BCUT2D eigenvalue weighted by Gasteiger charge is 2.12. The summed E-state index contributed by atoms with van der Waals surface area (Å²) >= 11 is 1.67. The van der Waals surface area contributed by atoms with Crippen molar-refractivity contribution in [1.29, 1.82) is 0 Å². The molecule has 3 aromatic rings. The van der Waals surface area contributed by atoms with Crippen LogP contribution < -0.4 is 0 Å². The van der Waals surface area contributed by atoms with E-state index in [9.17, 15) is 5.11 Å². The van der Waals surface area contributed by atoms with Crippen LogP contribution in [0, 0.1) is 0 Å². The van der Waals surface area contributed by atoms with Crippen LogP contribution in [-0.2, 0) is 0 Å². The molecule has 0 fully saturated rings. The number of aliphatic hydroxyl groups excluding tert-OH is 1.